The number of benzene rings is 21. The third-order valence-corrected chi connectivity index (χ3v) is 25.0. The lowest BCUT2D eigenvalue weighted by molar-refractivity contribution is 0.670. The van der Waals surface area contributed by atoms with Crippen molar-refractivity contribution in [3.63, 3.8) is 0 Å². The highest BCUT2D eigenvalue weighted by molar-refractivity contribution is 6.29. The Morgan fingerprint density at radius 3 is 0.772 bits per heavy atom. The molecule has 0 unspecified atom stereocenters. The van der Waals surface area contributed by atoms with Crippen LogP contribution in [0.4, 0.5) is 0 Å². The summed E-state index contributed by atoms with van der Waals surface area (Å²) in [4.78, 5) is 28.2. The summed E-state index contributed by atoms with van der Waals surface area (Å²) >= 11 is 0. The Morgan fingerprint density at radius 1 is 0.146 bits per heavy atom. The van der Waals surface area contributed by atoms with Crippen molar-refractivity contribution in [1.82, 2.24) is 29.9 Å². The number of rotatable bonds is 6. The zero-order chi connectivity index (χ0) is 80.7. The third kappa shape index (κ3) is 11.3. The van der Waals surface area contributed by atoms with Gasteiger partial charge in [0.05, 0.1) is 33.1 Å². The predicted octanol–water partition coefficient (Wildman–Crippen LogP) is 31.0. The Morgan fingerprint density at radius 2 is 0.390 bits per heavy atom. The summed E-state index contributed by atoms with van der Waals surface area (Å²) in [7, 11) is 0. The van der Waals surface area contributed by atoms with Gasteiger partial charge in [-0.15, -0.1) is 0 Å². The molecule has 6 heterocycles. The Labute approximate surface area is 702 Å². The van der Waals surface area contributed by atoms with E-state index in [-0.39, 0.29) is 0 Å². The molecular weight excluding hydrogens is 1500 g/mol. The standard InChI is InChI=1S/3C38H22N2O/c1-2-11-27-26(8-1)22-32(38-35(27)31-14-5-6-15-34(31)41-38)25-10-7-9-23(20-25)24-16-17-29-28-12-3-4-13-30(28)36-37(33(29)21-24)40-19-18-39-36;1-2-11-27-26(8-1)22-32(38-35(27)31-14-5-6-15-34(31)41-38)25-10-7-9-23(20-25)24-16-17-30-33(21-24)28-12-3-4-13-29(28)36-37(30)40-19-18-39-36;1-2-8-27-26(7-1)22-32(38-35(27)31-11-5-6-12-34(31)41-38)24-15-13-23(14-16-24)25-17-18-30-33(21-25)28-9-3-4-10-29(28)36-37(30)40-20-19-39-36/h3*1-22H. The number of para-hydroxylation sites is 3. The van der Waals surface area contributed by atoms with Gasteiger partial charge in [-0.2, -0.15) is 0 Å². The van der Waals surface area contributed by atoms with E-state index in [1.807, 2.05) is 18.2 Å². The van der Waals surface area contributed by atoms with Crippen molar-refractivity contribution < 1.29 is 13.3 Å². The maximum absolute atomic E-state index is 6.53. The number of hydrogen-bond donors (Lipinski definition) is 0. The second-order valence-electron chi connectivity index (χ2n) is 31.8. The lowest BCUT2D eigenvalue weighted by Crippen LogP contribution is -1.89. The van der Waals surface area contributed by atoms with Crippen LogP contribution in [0.2, 0.25) is 0 Å². The van der Waals surface area contributed by atoms with Crippen molar-refractivity contribution >= 4 is 196 Å². The van der Waals surface area contributed by atoms with Crippen LogP contribution in [0.25, 0.3) is 263 Å². The summed E-state index contributed by atoms with van der Waals surface area (Å²) in [5.74, 6) is 0. The Kier molecular flexibility index (Phi) is 15.8. The maximum atomic E-state index is 6.53. The first-order valence-electron chi connectivity index (χ1n) is 41.5. The number of furan rings is 3. The molecule has 0 N–H and O–H groups in total. The van der Waals surface area contributed by atoms with Crippen molar-refractivity contribution in [2.24, 2.45) is 0 Å². The first-order chi connectivity index (χ1) is 61.0. The van der Waals surface area contributed by atoms with Crippen molar-refractivity contribution in [1.29, 1.82) is 0 Å². The van der Waals surface area contributed by atoms with Crippen molar-refractivity contribution in [3.8, 4) is 66.8 Å². The molecule has 0 aliphatic rings. The molecule has 6 aromatic heterocycles. The van der Waals surface area contributed by atoms with E-state index in [2.05, 4.69) is 356 Å². The molecule has 0 saturated carbocycles. The highest BCUT2D eigenvalue weighted by atomic mass is 16.3. The van der Waals surface area contributed by atoms with E-state index >= 15 is 0 Å². The largest absolute Gasteiger partial charge is 0.455 e. The smallest absolute Gasteiger partial charge is 0.143 e. The minimum atomic E-state index is 0.908. The number of hydrogen-bond acceptors (Lipinski definition) is 9. The van der Waals surface area contributed by atoms with E-state index in [1.54, 1.807) is 37.2 Å². The minimum absolute atomic E-state index is 0.908. The average molecular weight is 1570 g/mol. The predicted molar refractivity (Wildman–Crippen MR) is 511 cm³/mol. The van der Waals surface area contributed by atoms with Crippen LogP contribution in [0.3, 0.4) is 0 Å². The number of fused-ring (bicyclic) bond motifs is 33. The van der Waals surface area contributed by atoms with Crippen molar-refractivity contribution in [2.45, 2.75) is 0 Å². The lowest BCUT2D eigenvalue weighted by Gasteiger charge is -2.12. The van der Waals surface area contributed by atoms with Gasteiger partial charge in [-0.3, -0.25) is 29.9 Å². The molecule has 9 heteroatoms. The molecule has 0 saturated heterocycles. The van der Waals surface area contributed by atoms with Gasteiger partial charge in [0.15, 0.2) is 0 Å². The maximum Gasteiger partial charge on any atom is 0.143 e. The van der Waals surface area contributed by atoms with Gasteiger partial charge in [-0.1, -0.05) is 297 Å². The van der Waals surface area contributed by atoms with Crippen molar-refractivity contribution in [2.75, 3.05) is 0 Å². The zero-order valence-corrected chi connectivity index (χ0v) is 66.0. The molecule has 0 amide bonds. The van der Waals surface area contributed by atoms with Crippen LogP contribution >= 0.6 is 0 Å². The van der Waals surface area contributed by atoms with E-state index in [0.29, 0.717) is 0 Å². The summed E-state index contributed by atoms with van der Waals surface area (Å²) in [5, 5.41) is 28.1. The second-order valence-corrected chi connectivity index (χ2v) is 31.8. The van der Waals surface area contributed by atoms with Gasteiger partial charge in [0.1, 0.15) is 33.5 Å². The number of aromatic nitrogens is 6. The topological polar surface area (TPSA) is 117 Å². The van der Waals surface area contributed by atoms with Crippen molar-refractivity contribution in [3.05, 3.63) is 401 Å². The summed E-state index contributed by atoms with van der Waals surface area (Å²) < 4.78 is 19.5. The highest BCUT2D eigenvalue weighted by Gasteiger charge is 2.23. The monoisotopic (exact) mass is 1570 g/mol. The quantitative estimate of drug-likeness (QED) is 0.150. The first-order valence-corrected chi connectivity index (χ1v) is 41.5. The molecule has 0 aliphatic carbocycles. The molecule has 123 heavy (non-hydrogen) atoms. The summed E-state index contributed by atoms with van der Waals surface area (Å²) in [6.07, 6.45) is 10.6. The van der Waals surface area contributed by atoms with Crippen LogP contribution in [0, 0.1) is 0 Å². The molecule has 0 aliphatic heterocycles. The molecule has 27 aromatic rings. The van der Waals surface area contributed by atoms with Crippen LogP contribution < -0.4 is 0 Å². The first kappa shape index (κ1) is 69.5. The summed E-state index contributed by atoms with van der Waals surface area (Å²) in [5.41, 5.74) is 24.8. The van der Waals surface area contributed by atoms with Gasteiger partial charge in [0.2, 0.25) is 0 Å². The van der Waals surface area contributed by atoms with E-state index in [1.165, 1.54) is 91.9 Å². The zero-order valence-electron chi connectivity index (χ0n) is 66.0. The molecule has 570 valence electrons. The van der Waals surface area contributed by atoms with Gasteiger partial charge < -0.3 is 13.3 Å². The molecule has 0 spiro atoms. The average Bonchev–Trinajstić information content (AvgIpc) is 1.67. The third-order valence-electron chi connectivity index (χ3n) is 25.0. The molecular formula is C114H66N6O3. The van der Waals surface area contributed by atoms with Gasteiger partial charge in [0.25, 0.3) is 0 Å². The Hall–Kier alpha value is -16.6. The lowest BCUT2D eigenvalue weighted by atomic mass is 9.92. The fourth-order valence-electron chi connectivity index (χ4n) is 19.4. The molecule has 21 aromatic carbocycles. The molecule has 9 nitrogen and oxygen atoms in total. The molecule has 0 radical (unpaired) electrons. The van der Waals surface area contributed by atoms with Crippen LogP contribution in [0.15, 0.2) is 414 Å². The van der Waals surface area contributed by atoms with E-state index in [9.17, 15) is 0 Å². The summed E-state index contributed by atoms with van der Waals surface area (Å²) in [6.45, 7) is 0. The Bertz CT molecular complexity index is 8660. The number of nitrogens with zero attached hydrogens (tertiary/aromatic N) is 6. The molecule has 0 atom stereocenters. The fraction of sp³-hybridized carbons (Fsp3) is 0. The van der Waals surface area contributed by atoms with E-state index < -0.39 is 0 Å². The fourth-order valence-corrected chi connectivity index (χ4v) is 19.4. The van der Waals surface area contributed by atoms with Crippen LogP contribution in [0.1, 0.15) is 0 Å². The van der Waals surface area contributed by atoms with Gasteiger partial charge >= 0.3 is 0 Å². The normalized spacial score (nSPS) is 11.9. The molecule has 0 bridgehead atoms. The van der Waals surface area contributed by atoms with Crippen LogP contribution in [-0.4, -0.2) is 29.9 Å². The SMILES string of the molecule is c1cc(-c2ccc3c(c2)c2ccccc2c2nccnc32)cc(-c2cc3ccccc3c3c2oc2ccccc23)c1.c1cc(-c2ccc3c4ccccc4c4nccnc4c3c2)cc(-c2cc3ccccc3c3c2oc2ccccc23)c1.c1ccc2c(c1)cc(-c1ccc(-c3ccc4c(c3)c3ccccc3c3nccnc43)cc1)c1oc3ccccc3c12. The Balaban J connectivity index is 0.000000101. The van der Waals surface area contributed by atoms with Gasteiger partial charge in [-0.25, -0.2) is 0 Å². The summed E-state index contributed by atoms with van der Waals surface area (Å²) in [6, 6.07) is 129. The van der Waals surface area contributed by atoms with Crippen LogP contribution in [-0.2, 0) is 0 Å². The second kappa shape index (κ2) is 28.0. The van der Waals surface area contributed by atoms with Gasteiger partial charge in [0, 0.05) is 119 Å². The van der Waals surface area contributed by atoms with Gasteiger partial charge in [-0.05, 0) is 181 Å². The highest BCUT2D eigenvalue weighted by Crippen LogP contribution is 2.48. The molecule has 27 rings (SSSR count). The minimum Gasteiger partial charge on any atom is -0.455 e. The van der Waals surface area contributed by atoms with E-state index in [0.717, 1.165) is 171 Å². The van der Waals surface area contributed by atoms with Crippen LogP contribution in [0.5, 0.6) is 0 Å². The molecule has 0 fully saturated rings. The van der Waals surface area contributed by atoms with E-state index in [4.69, 9.17) is 33.2 Å².